The van der Waals surface area contributed by atoms with Gasteiger partial charge < -0.3 is 14.5 Å². The van der Waals surface area contributed by atoms with Crippen molar-refractivity contribution < 1.29 is 4.74 Å². The van der Waals surface area contributed by atoms with Crippen molar-refractivity contribution in [2.75, 3.05) is 23.5 Å². The second-order valence-electron chi connectivity index (χ2n) is 6.90. The molecule has 136 valence electrons. The molecule has 4 aromatic rings. The van der Waals surface area contributed by atoms with Crippen LogP contribution in [0.2, 0.25) is 0 Å². The lowest BCUT2D eigenvalue weighted by Crippen LogP contribution is -2.38. The molecule has 1 atom stereocenters. The van der Waals surface area contributed by atoms with Gasteiger partial charge in [0.2, 0.25) is 0 Å². The SMILES string of the molecule is CCN1c2ccccc2N(c2cc3sc4ccccc4c3cc2OC)[C@H]1C. The first-order chi connectivity index (χ1) is 13.2. The molecule has 3 nitrogen and oxygen atoms in total. The number of ether oxygens (including phenoxy) is 1. The van der Waals surface area contributed by atoms with Crippen LogP contribution in [-0.2, 0) is 0 Å². The van der Waals surface area contributed by atoms with Gasteiger partial charge in [0.15, 0.2) is 0 Å². The second kappa shape index (κ2) is 6.17. The van der Waals surface area contributed by atoms with Crippen LogP contribution in [0.25, 0.3) is 20.2 Å². The van der Waals surface area contributed by atoms with Crippen LogP contribution < -0.4 is 14.5 Å². The van der Waals surface area contributed by atoms with Crippen molar-refractivity contribution in [1.29, 1.82) is 0 Å². The molecule has 0 aliphatic carbocycles. The lowest BCUT2D eigenvalue weighted by Gasteiger charge is -2.30. The summed E-state index contributed by atoms with van der Waals surface area (Å²) in [6, 6.07) is 21.7. The maximum absolute atomic E-state index is 5.86. The van der Waals surface area contributed by atoms with Crippen molar-refractivity contribution in [2.45, 2.75) is 20.0 Å². The maximum atomic E-state index is 5.86. The van der Waals surface area contributed by atoms with Crippen LogP contribution >= 0.6 is 11.3 Å². The van der Waals surface area contributed by atoms with E-state index in [0.717, 1.165) is 18.0 Å². The van der Waals surface area contributed by atoms with Crippen LogP contribution in [0.15, 0.2) is 60.7 Å². The Morgan fingerprint density at radius 3 is 2.41 bits per heavy atom. The summed E-state index contributed by atoms with van der Waals surface area (Å²) in [4.78, 5) is 4.84. The quantitative estimate of drug-likeness (QED) is 0.413. The van der Waals surface area contributed by atoms with Crippen molar-refractivity contribution in [3.8, 4) is 5.75 Å². The number of nitrogens with zero attached hydrogens (tertiary/aromatic N) is 2. The van der Waals surface area contributed by atoms with Gasteiger partial charge in [0, 0.05) is 26.7 Å². The lowest BCUT2D eigenvalue weighted by atomic mass is 10.1. The molecule has 1 aliphatic rings. The highest BCUT2D eigenvalue weighted by Gasteiger charge is 2.34. The van der Waals surface area contributed by atoms with Gasteiger partial charge in [-0.25, -0.2) is 0 Å². The Morgan fingerprint density at radius 1 is 0.889 bits per heavy atom. The van der Waals surface area contributed by atoms with Crippen LogP contribution in [0.4, 0.5) is 17.1 Å². The monoisotopic (exact) mass is 374 g/mol. The van der Waals surface area contributed by atoms with Gasteiger partial charge in [-0.05, 0) is 44.2 Å². The largest absolute Gasteiger partial charge is 0.495 e. The van der Waals surface area contributed by atoms with E-state index < -0.39 is 0 Å². The topological polar surface area (TPSA) is 15.7 Å². The molecular weight excluding hydrogens is 352 g/mol. The summed E-state index contributed by atoms with van der Waals surface area (Å²) in [6.07, 6.45) is 0.244. The summed E-state index contributed by atoms with van der Waals surface area (Å²) in [5.74, 6) is 0.922. The molecule has 5 rings (SSSR count). The molecule has 0 amide bonds. The Bertz CT molecular complexity index is 1150. The fraction of sp³-hybridized carbons (Fsp3) is 0.217. The van der Waals surface area contributed by atoms with Crippen LogP contribution in [0, 0.1) is 0 Å². The zero-order valence-electron chi connectivity index (χ0n) is 15.8. The lowest BCUT2D eigenvalue weighted by molar-refractivity contribution is 0.415. The van der Waals surface area contributed by atoms with E-state index in [1.165, 1.54) is 31.5 Å². The van der Waals surface area contributed by atoms with Gasteiger partial charge >= 0.3 is 0 Å². The molecule has 0 radical (unpaired) electrons. The molecule has 0 saturated carbocycles. The van der Waals surface area contributed by atoms with Gasteiger partial charge in [0.05, 0.1) is 24.2 Å². The van der Waals surface area contributed by atoms with E-state index in [-0.39, 0.29) is 6.17 Å². The standard InChI is InChI=1S/C23H22N2OS/c1-4-24-15(2)25(19-11-7-6-10-18(19)24)20-14-23-17(13-21(20)26-3)16-9-5-8-12-22(16)27-23/h5-15H,4H2,1-3H3/t15-/m0/s1. The molecule has 4 heteroatoms. The molecule has 0 N–H and O–H groups in total. The molecule has 0 spiro atoms. The maximum Gasteiger partial charge on any atom is 0.143 e. The minimum Gasteiger partial charge on any atom is -0.495 e. The number of rotatable bonds is 3. The number of hydrogen-bond acceptors (Lipinski definition) is 4. The zero-order valence-corrected chi connectivity index (χ0v) is 16.6. The number of anilines is 3. The molecule has 1 aliphatic heterocycles. The number of fused-ring (bicyclic) bond motifs is 4. The van der Waals surface area contributed by atoms with Gasteiger partial charge in [-0.1, -0.05) is 30.3 Å². The number of thiophene rings is 1. The van der Waals surface area contributed by atoms with Crippen LogP contribution in [-0.4, -0.2) is 19.8 Å². The number of methoxy groups -OCH3 is 1. The van der Waals surface area contributed by atoms with Crippen molar-refractivity contribution in [3.05, 3.63) is 60.7 Å². The van der Waals surface area contributed by atoms with Gasteiger partial charge in [0.25, 0.3) is 0 Å². The Labute approximate surface area is 163 Å². The van der Waals surface area contributed by atoms with Crippen molar-refractivity contribution >= 4 is 48.6 Å². The molecule has 0 bridgehead atoms. The summed E-state index contributed by atoms with van der Waals surface area (Å²) in [5, 5.41) is 2.57. The molecule has 2 heterocycles. The van der Waals surface area contributed by atoms with Crippen LogP contribution in [0.5, 0.6) is 5.75 Å². The Balaban J connectivity index is 1.76. The van der Waals surface area contributed by atoms with Crippen LogP contribution in [0.3, 0.4) is 0 Å². The predicted molar refractivity (Wildman–Crippen MR) is 117 cm³/mol. The van der Waals surface area contributed by atoms with Gasteiger partial charge in [-0.3, -0.25) is 0 Å². The minimum absolute atomic E-state index is 0.244. The first-order valence-corrected chi connectivity index (χ1v) is 10.2. The van der Waals surface area contributed by atoms with E-state index in [2.05, 4.69) is 84.3 Å². The average molecular weight is 375 g/mol. The zero-order chi connectivity index (χ0) is 18.5. The van der Waals surface area contributed by atoms with E-state index in [1.54, 1.807) is 7.11 Å². The van der Waals surface area contributed by atoms with Gasteiger partial charge in [0.1, 0.15) is 11.9 Å². The molecular formula is C23H22N2OS. The molecule has 27 heavy (non-hydrogen) atoms. The second-order valence-corrected chi connectivity index (χ2v) is 7.98. The first-order valence-electron chi connectivity index (χ1n) is 9.37. The summed E-state index contributed by atoms with van der Waals surface area (Å²) in [7, 11) is 1.77. The predicted octanol–water partition coefficient (Wildman–Crippen LogP) is 6.39. The van der Waals surface area contributed by atoms with E-state index in [9.17, 15) is 0 Å². The highest BCUT2D eigenvalue weighted by molar-refractivity contribution is 7.25. The highest BCUT2D eigenvalue weighted by atomic mass is 32.1. The average Bonchev–Trinajstić information content (AvgIpc) is 3.20. The van der Waals surface area contributed by atoms with Crippen LogP contribution in [0.1, 0.15) is 13.8 Å². The van der Waals surface area contributed by atoms with Crippen molar-refractivity contribution in [2.24, 2.45) is 0 Å². The summed E-state index contributed by atoms with van der Waals surface area (Å²) >= 11 is 1.85. The molecule has 1 aromatic heterocycles. The third-order valence-corrected chi connectivity index (χ3v) is 6.69. The molecule has 0 unspecified atom stereocenters. The van der Waals surface area contributed by atoms with E-state index in [4.69, 9.17) is 4.74 Å². The summed E-state index contributed by atoms with van der Waals surface area (Å²) < 4.78 is 8.48. The molecule has 3 aromatic carbocycles. The first kappa shape index (κ1) is 16.5. The van der Waals surface area contributed by atoms with E-state index in [1.807, 2.05) is 11.3 Å². The van der Waals surface area contributed by atoms with E-state index in [0.29, 0.717) is 0 Å². The Morgan fingerprint density at radius 2 is 1.63 bits per heavy atom. The normalized spacial score (nSPS) is 16.3. The number of hydrogen-bond donors (Lipinski definition) is 0. The fourth-order valence-corrected chi connectivity index (χ4v) is 5.43. The smallest absolute Gasteiger partial charge is 0.143 e. The third kappa shape index (κ3) is 2.33. The molecule has 0 saturated heterocycles. The minimum atomic E-state index is 0.244. The summed E-state index contributed by atoms with van der Waals surface area (Å²) in [6.45, 7) is 5.45. The van der Waals surface area contributed by atoms with E-state index >= 15 is 0 Å². The van der Waals surface area contributed by atoms with Gasteiger partial charge in [-0.15, -0.1) is 11.3 Å². The summed E-state index contributed by atoms with van der Waals surface area (Å²) in [5.41, 5.74) is 3.66. The Kier molecular flexibility index (Phi) is 3.76. The Hall–Kier alpha value is -2.72. The highest BCUT2D eigenvalue weighted by Crippen LogP contribution is 2.49. The van der Waals surface area contributed by atoms with Crippen molar-refractivity contribution in [1.82, 2.24) is 0 Å². The van der Waals surface area contributed by atoms with Gasteiger partial charge in [-0.2, -0.15) is 0 Å². The third-order valence-electron chi connectivity index (χ3n) is 5.55. The molecule has 0 fully saturated rings. The van der Waals surface area contributed by atoms with Crippen molar-refractivity contribution in [3.63, 3.8) is 0 Å². The number of para-hydroxylation sites is 2. The fourth-order valence-electron chi connectivity index (χ4n) is 4.31. The number of benzene rings is 3.